The summed E-state index contributed by atoms with van der Waals surface area (Å²) in [7, 11) is 1.68. The third-order valence-corrected chi connectivity index (χ3v) is 6.51. The van der Waals surface area contributed by atoms with Crippen molar-refractivity contribution < 1.29 is 18.3 Å². The zero-order valence-electron chi connectivity index (χ0n) is 19.6. The summed E-state index contributed by atoms with van der Waals surface area (Å²) < 4.78 is 32.1. The van der Waals surface area contributed by atoms with Gasteiger partial charge in [-0.1, -0.05) is 31.2 Å². The summed E-state index contributed by atoms with van der Waals surface area (Å²) in [6.45, 7) is 3.43. The zero-order valence-corrected chi connectivity index (χ0v) is 19.6. The lowest BCUT2D eigenvalue weighted by atomic mass is 9.91. The van der Waals surface area contributed by atoms with E-state index in [1.807, 2.05) is 12.1 Å². The first kappa shape index (κ1) is 23.7. The molecule has 4 rings (SSSR count). The lowest BCUT2D eigenvalue weighted by Crippen LogP contribution is -2.41. The summed E-state index contributed by atoms with van der Waals surface area (Å²) in [4.78, 5) is 14.2. The topological polar surface area (TPSA) is 41.6 Å². The molecule has 0 saturated carbocycles. The Hall–Kier alpha value is -3.41. The summed E-state index contributed by atoms with van der Waals surface area (Å²) in [6, 6.07) is 15.4. The lowest BCUT2D eigenvalue weighted by Gasteiger charge is -2.31. The first-order valence-corrected chi connectivity index (χ1v) is 11.7. The van der Waals surface area contributed by atoms with Crippen LogP contribution in [0.3, 0.4) is 0 Å². The number of hydrogen-bond donors (Lipinski definition) is 1. The molecule has 0 aromatic heterocycles. The average molecular weight is 465 g/mol. The standard InChI is InChI=1S/C28H30F2N2O2/c1-3-20(21-6-7-23-15-27(34-2)9-8-22(23)14-21)5-4-19-10-12-32(13-11-19)28(33)31-26-17-24(29)16-25(30)18-26/h5-9,14-19H,3-4,10-13H2,1-2H3,(H,31,33)/b20-5+. The van der Waals surface area contributed by atoms with Crippen LogP contribution in [-0.2, 0) is 0 Å². The minimum absolute atomic E-state index is 0.133. The first-order valence-electron chi connectivity index (χ1n) is 11.7. The number of likely N-dealkylation sites (tertiary alicyclic amines) is 1. The van der Waals surface area contributed by atoms with Crippen LogP contribution in [0, 0.1) is 17.6 Å². The molecule has 3 aromatic rings. The van der Waals surface area contributed by atoms with Gasteiger partial charge >= 0.3 is 6.03 Å². The highest BCUT2D eigenvalue weighted by atomic mass is 19.1. The number of carbonyl (C=O) groups excluding carboxylic acids is 1. The molecule has 178 valence electrons. The van der Waals surface area contributed by atoms with Crippen LogP contribution in [0.15, 0.2) is 60.7 Å². The molecule has 1 saturated heterocycles. The maximum absolute atomic E-state index is 13.4. The van der Waals surface area contributed by atoms with Gasteiger partial charge in [0.25, 0.3) is 0 Å². The number of halogens is 2. The molecule has 0 radical (unpaired) electrons. The second-order valence-electron chi connectivity index (χ2n) is 8.77. The van der Waals surface area contributed by atoms with E-state index < -0.39 is 11.6 Å². The number of benzene rings is 3. The monoisotopic (exact) mass is 464 g/mol. The van der Waals surface area contributed by atoms with Crippen molar-refractivity contribution in [3.8, 4) is 5.75 Å². The second kappa shape index (κ2) is 10.7. The predicted octanol–water partition coefficient (Wildman–Crippen LogP) is 7.25. The van der Waals surface area contributed by atoms with Gasteiger partial charge in [-0.2, -0.15) is 0 Å². The maximum atomic E-state index is 13.4. The quantitative estimate of drug-likeness (QED) is 0.417. The molecule has 0 unspecified atom stereocenters. The van der Waals surface area contributed by atoms with Gasteiger partial charge in [-0.05, 0) is 83.8 Å². The van der Waals surface area contributed by atoms with E-state index in [2.05, 4.69) is 42.6 Å². The van der Waals surface area contributed by atoms with Crippen LogP contribution in [0.25, 0.3) is 16.3 Å². The van der Waals surface area contributed by atoms with E-state index >= 15 is 0 Å². The molecule has 1 heterocycles. The highest BCUT2D eigenvalue weighted by Crippen LogP contribution is 2.29. The number of carbonyl (C=O) groups is 1. The predicted molar refractivity (Wildman–Crippen MR) is 133 cm³/mol. The molecule has 6 heteroatoms. The number of fused-ring (bicyclic) bond motifs is 1. The molecule has 4 nitrogen and oxygen atoms in total. The van der Waals surface area contributed by atoms with Gasteiger partial charge in [0.05, 0.1) is 7.11 Å². The molecule has 0 aliphatic carbocycles. The fourth-order valence-electron chi connectivity index (χ4n) is 4.53. The Morgan fingerprint density at radius 1 is 1.03 bits per heavy atom. The molecule has 1 N–H and O–H groups in total. The summed E-state index contributed by atoms with van der Waals surface area (Å²) in [5, 5.41) is 4.95. The number of amides is 2. The van der Waals surface area contributed by atoms with Crippen LogP contribution in [0.1, 0.15) is 38.2 Å². The zero-order chi connectivity index (χ0) is 24.1. The lowest BCUT2D eigenvalue weighted by molar-refractivity contribution is 0.183. The van der Waals surface area contributed by atoms with Crippen molar-refractivity contribution in [2.24, 2.45) is 5.92 Å². The van der Waals surface area contributed by atoms with Gasteiger partial charge in [0.15, 0.2) is 0 Å². The van der Waals surface area contributed by atoms with Crippen LogP contribution in [-0.4, -0.2) is 31.1 Å². The second-order valence-corrected chi connectivity index (χ2v) is 8.77. The largest absolute Gasteiger partial charge is 0.497 e. The molecule has 1 aliphatic rings. The van der Waals surface area contributed by atoms with E-state index in [-0.39, 0.29) is 11.7 Å². The van der Waals surface area contributed by atoms with E-state index in [0.29, 0.717) is 19.0 Å². The smallest absolute Gasteiger partial charge is 0.321 e. The third-order valence-electron chi connectivity index (χ3n) is 6.51. The molecule has 34 heavy (non-hydrogen) atoms. The number of allylic oxidation sites excluding steroid dienone is 2. The van der Waals surface area contributed by atoms with Crippen LogP contribution >= 0.6 is 0 Å². The van der Waals surface area contributed by atoms with Crippen LogP contribution in [0.4, 0.5) is 19.3 Å². The van der Waals surface area contributed by atoms with Gasteiger partial charge in [0, 0.05) is 24.8 Å². The highest BCUT2D eigenvalue weighted by Gasteiger charge is 2.22. The number of methoxy groups -OCH3 is 1. The molecule has 2 amide bonds. The molecule has 1 aliphatic heterocycles. The van der Waals surface area contributed by atoms with Crippen LogP contribution < -0.4 is 10.1 Å². The summed E-state index contributed by atoms with van der Waals surface area (Å²) in [5.41, 5.74) is 2.69. The number of nitrogens with one attached hydrogen (secondary N) is 1. The Bertz CT molecular complexity index is 1180. The van der Waals surface area contributed by atoms with Gasteiger partial charge in [0.2, 0.25) is 0 Å². The van der Waals surface area contributed by atoms with Crippen molar-refractivity contribution in [2.45, 2.75) is 32.6 Å². The number of ether oxygens (including phenoxy) is 1. The highest BCUT2D eigenvalue weighted by molar-refractivity contribution is 5.89. The Morgan fingerprint density at radius 2 is 1.71 bits per heavy atom. The minimum Gasteiger partial charge on any atom is -0.497 e. The molecule has 0 bridgehead atoms. The van der Waals surface area contributed by atoms with Gasteiger partial charge < -0.3 is 15.0 Å². The van der Waals surface area contributed by atoms with E-state index in [1.165, 1.54) is 16.5 Å². The van der Waals surface area contributed by atoms with Crippen LogP contribution in [0.2, 0.25) is 0 Å². The fraction of sp³-hybridized carbons (Fsp3) is 0.321. The molecule has 3 aromatic carbocycles. The maximum Gasteiger partial charge on any atom is 0.321 e. The number of piperidine rings is 1. The van der Waals surface area contributed by atoms with Crippen molar-refractivity contribution in [2.75, 3.05) is 25.5 Å². The van der Waals surface area contributed by atoms with Gasteiger partial charge in [-0.3, -0.25) is 0 Å². The van der Waals surface area contributed by atoms with Crippen molar-refractivity contribution in [3.05, 3.63) is 77.9 Å². The Morgan fingerprint density at radius 3 is 2.38 bits per heavy atom. The van der Waals surface area contributed by atoms with Gasteiger partial charge in [-0.25, -0.2) is 13.6 Å². The SMILES string of the molecule is CC/C(=C\CC1CCN(C(=O)Nc2cc(F)cc(F)c2)CC1)c1ccc2cc(OC)ccc2c1. The molecule has 0 atom stereocenters. The Kier molecular flexibility index (Phi) is 7.46. The van der Waals surface area contributed by atoms with Gasteiger partial charge in [-0.15, -0.1) is 0 Å². The van der Waals surface area contributed by atoms with Gasteiger partial charge in [0.1, 0.15) is 17.4 Å². The number of rotatable bonds is 6. The number of urea groups is 1. The van der Waals surface area contributed by atoms with E-state index in [9.17, 15) is 13.6 Å². The summed E-state index contributed by atoms with van der Waals surface area (Å²) >= 11 is 0. The average Bonchev–Trinajstić information content (AvgIpc) is 2.83. The van der Waals surface area contributed by atoms with Crippen molar-refractivity contribution >= 4 is 28.1 Å². The minimum atomic E-state index is -0.710. The van der Waals surface area contributed by atoms with Crippen molar-refractivity contribution in [1.29, 1.82) is 0 Å². The fourth-order valence-corrected chi connectivity index (χ4v) is 4.53. The molecular weight excluding hydrogens is 434 g/mol. The molecular formula is C28H30F2N2O2. The normalized spacial score (nSPS) is 14.9. The molecule has 0 spiro atoms. The molecule has 1 fully saturated rings. The van der Waals surface area contributed by atoms with E-state index in [4.69, 9.17) is 4.74 Å². The number of nitrogens with zero attached hydrogens (tertiary/aromatic N) is 1. The Labute approximate surface area is 199 Å². The summed E-state index contributed by atoms with van der Waals surface area (Å²) in [5.74, 6) is -0.0612. The van der Waals surface area contributed by atoms with Crippen molar-refractivity contribution in [3.63, 3.8) is 0 Å². The summed E-state index contributed by atoms with van der Waals surface area (Å²) in [6.07, 6.45) is 6.05. The number of hydrogen-bond acceptors (Lipinski definition) is 2. The third kappa shape index (κ3) is 5.74. The van der Waals surface area contributed by atoms with Crippen molar-refractivity contribution in [1.82, 2.24) is 4.90 Å². The number of anilines is 1. The van der Waals surface area contributed by atoms with E-state index in [1.54, 1.807) is 12.0 Å². The van der Waals surface area contributed by atoms with Crippen LogP contribution in [0.5, 0.6) is 5.75 Å². The van der Waals surface area contributed by atoms with E-state index in [0.717, 1.165) is 55.0 Å². The Balaban J connectivity index is 1.34. The first-order chi connectivity index (χ1) is 16.4.